The molecule has 0 atom stereocenters. The Balaban J connectivity index is 2.38. The van der Waals surface area contributed by atoms with Gasteiger partial charge in [-0.1, -0.05) is 29.3 Å². The lowest BCUT2D eigenvalue weighted by Gasteiger charge is -2.04. The van der Waals surface area contributed by atoms with E-state index in [1.165, 1.54) is 0 Å². The van der Waals surface area contributed by atoms with E-state index >= 15 is 0 Å². The summed E-state index contributed by atoms with van der Waals surface area (Å²) in [6, 6.07) is 7.55. The van der Waals surface area contributed by atoms with Crippen LogP contribution in [0.15, 0.2) is 36.4 Å². The molecule has 0 bridgehead atoms. The van der Waals surface area contributed by atoms with Crippen molar-refractivity contribution in [1.29, 1.82) is 0 Å². The second-order valence-electron chi connectivity index (χ2n) is 4.05. The molecule has 0 fully saturated rings. The Morgan fingerprint density at radius 2 is 2.19 bits per heavy atom. The number of ether oxygens (including phenoxy) is 1. The molecule has 0 aliphatic carbocycles. The van der Waals surface area contributed by atoms with Crippen LogP contribution in [0.2, 0.25) is 0 Å². The molecule has 0 heterocycles. The van der Waals surface area contributed by atoms with Crippen molar-refractivity contribution in [1.82, 2.24) is 0 Å². The standard InChI is InChI=1S/C14H18O2/c1-11(2)7-8-16-10-14(15)13-6-4-5-12(3)9-13/h4-6,9H,1,7-8,10H2,2-3H3. The number of carbonyl (C=O) groups is 1. The van der Waals surface area contributed by atoms with Crippen LogP contribution in [-0.2, 0) is 4.74 Å². The Morgan fingerprint density at radius 1 is 1.44 bits per heavy atom. The first-order valence-corrected chi connectivity index (χ1v) is 5.41. The molecular formula is C14H18O2. The third-order valence-electron chi connectivity index (χ3n) is 2.25. The minimum absolute atomic E-state index is 0.0328. The van der Waals surface area contributed by atoms with Gasteiger partial charge in [-0.3, -0.25) is 4.79 Å². The Labute approximate surface area is 96.9 Å². The lowest BCUT2D eigenvalue weighted by atomic mass is 10.1. The van der Waals surface area contributed by atoms with Crippen LogP contribution in [0.4, 0.5) is 0 Å². The first-order valence-electron chi connectivity index (χ1n) is 5.41. The zero-order valence-corrected chi connectivity index (χ0v) is 9.95. The lowest BCUT2D eigenvalue weighted by molar-refractivity contribution is 0.0765. The van der Waals surface area contributed by atoms with Crippen molar-refractivity contribution in [3.05, 3.63) is 47.5 Å². The molecule has 0 aliphatic rings. The van der Waals surface area contributed by atoms with Crippen molar-refractivity contribution in [2.45, 2.75) is 20.3 Å². The molecule has 1 rings (SSSR count). The van der Waals surface area contributed by atoms with Crippen LogP contribution in [0.5, 0.6) is 0 Å². The number of carbonyl (C=O) groups excluding carboxylic acids is 1. The van der Waals surface area contributed by atoms with Crippen molar-refractivity contribution in [2.24, 2.45) is 0 Å². The molecule has 0 spiro atoms. The fourth-order valence-corrected chi connectivity index (χ4v) is 1.31. The minimum Gasteiger partial charge on any atom is -0.373 e. The predicted octanol–water partition coefficient (Wildman–Crippen LogP) is 3.16. The molecular weight excluding hydrogens is 200 g/mol. The molecule has 1 aromatic rings. The number of rotatable bonds is 6. The normalized spacial score (nSPS) is 10.1. The summed E-state index contributed by atoms with van der Waals surface area (Å²) < 4.78 is 5.29. The number of aryl methyl sites for hydroxylation is 1. The maximum absolute atomic E-state index is 11.7. The Kier molecular flexibility index (Phi) is 4.93. The number of Topliss-reactive ketones (excluding diaryl/α,β-unsaturated/α-hetero) is 1. The summed E-state index contributed by atoms with van der Waals surface area (Å²) >= 11 is 0. The maximum Gasteiger partial charge on any atom is 0.188 e. The highest BCUT2D eigenvalue weighted by molar-refractivity contribution is 5.97. The smallest absolute Gasteiger partial charge is 0.188 e. The molecule has 0 amide bonds. The molecule has 0 aliphatic heterocycles. The Morgan fingerprint density at radius 3 is 2.81 bits per heavy atom. The largest absolute Gasteiger partial charge is 0.373 e. The SMILES string of the molecule is C=C(C)CCOCC(=O)c1cccc(C)c1. The fourth-order valence-electron chi connectivity index (χ4n) is 1.31. The molecule has 2 heteroatoms. The second kappa shape index (κ2) is 6.23. The van der Waals surface area contributed by atoms with Gasteiger partial charge in [0, 0.05) is 5.56 Å². The summed E-state index contributed by atoms with van der Waals surface area (Å²) in [5.41, 5.74) is 2.88. The average Bonchev–Trinajstić information content (AvgIpc) is 2.24. The van der Waals surface area contributed by atoms with Crippen LogP contribution < -0.4 is 0 Å². The molecule has 0 saturated heterocycles. The van der Waals surface area contributed by atoms with E-state index in [1.54, 1.807) is 0 Å². The third kappa shape index (κ3) is 4.41. The van der Waals surface area contributed by atoms with Gasteiger partial charge in [-0.25, -0.2) is 0 Å². The summed E-state index contributed by atoms with van der Waals surface area (Å²) in [6.07, 6.45) is 0.807. The van der Waals surface area contributed by atoms with Crippen molar-refractivity contribution in [3.8, 4) is 0 Å². The highest BCUT2D eigenvalue weighted by Gasteiger charge is 2.05. The van der Waals surface area contributed by atoms with E-state index in [4.69, 9.17) is 4.74 Å². The van der Waals surface area contributed by atoms with Crippen LogP contribution in [-0.4, -0.2) is 19.0 Å². The van der Waals surface area contributed by atoms with Gasteiger partial charge in [0.1, 0.15) is 6.61 Å². The molecule has 0 saturated carbocycles. The Bertz CT molecular complexity index is 380. The summed E-state index contributed by atoms with van der Waals surface area (Å²) in [4.78, 5) is 11.7. The van der Waals surface area contributed by atoms with E-state index in [-0.39, 0.29) is 12.4 Å². The predicted molar refractivity (Wildman–Crippen MR) is 65.8 cm³/mol. The van der Waals surface area contributed by atoms with E-state index in [1.807, 2.05) is 38.1 Å². The second-order valence-corrected chi connectivity index (χ2v) is 4.05. The molecule has 86 valence electrons. The Hall–Kier alpha value is -1.41. The van der Waals surface area contributed by atoms with Gasteiger partial charge in [-0.05, 0) is 26.3 Å². The van der Waals surface area contributed by atoms with E-state index < -0.39 is 0 Å². The van der Waals surface area contributed by atoms with Gasteiger partial charge in [-0.2, -0.15) is 0 Å². The van der Waals surface area contributed by atoms with E-state index in [2.05, 4.69) is 6.58 Å². The van der Waals surface area contributed by atoms with Gasteiger partial charge >= 0.3 is 0 Å². The van der Waals surface area contributed by atoms with Crippen LogP contribution >= 0.6 is 0 Å². The number of benzene rings is 1. The van der Waals surface area contributed by atoms with Crippen molar-refractivity contribution in [2.75, 3.05) is 13.2 Å². The van der Waals surface area contributed by atoms with Crippen molar-refractivity contribution < 1.29 is 9.53 Å². The molecule has 1 aromatic carbocycles. The van der Waals surface area contributed by atoms with Crippen LogP contribution in [0.3, 0.4) is 0 Å². The third-order valence-corrected chi connectivity index (χ3v) is 2.25. The van der Waals surface area contributed by atoms with E-state index in [0.29, 0.717) is 6.61 Å². The van der Waals surface area contributed by atoms with Crippen LogP contribution in [0.25, 0.3) is 0 Å². The quantitative estimate of drug-likeness (QED) is 0.416. The topological polar surface area (TPSA) is 26.3 Å². The molecule has 16 heavy (non-hydrogen) atoms. The van der Waals surface area contributed by atoms with E-state index in [9.17, 15) is 4.79 Å². The number of ketones is 1. The van der Waals surface area contributed by atoms with Gasteiger partial charge in [0.05, 0.1) is 6.61 Å². The fraction of sp³-hybridized carbons (Fsp3) is 0.357. The van der Waals surface area contributed by atoms with Crippen molar-refractivity contribution >= 4 is 5.78 Å². The zero-order valence-electron chi connectivity index (χ0n) is 9.95. The maximum atomic E-state index is 11.7. The highest BCUT2D eigenvalue weighted by atomic mass is 16.5. The number of hydrogen-bond acceptors (Lipinski definition) is 2. The van der Waals surface area contributed by atoms with Gasteiger partial charge in [0.2, 0.25) is 0 Å². The first-order chi connectivity index (χ1) is 7.59. The monoisotopic (exact) mass is 218 g/mol. The highest BCUT2D eigenvalue weighted by Crippen LogP contribution is 2.05. The van der Waals surface area contributed by atoms with Crippen LogP contribution in [0, 0.1) is 6.92 Å². The summed E-state index contributed by atoms with van der Waals surface area (Å²) in [5.74, 6) is 0.0328. The van der Waals surface area contributed by atoms with Gasteiger partial charge in [-0.15, -0.1) is 6.58 Å². The summed E-state index contributed by atoms with van der Waals surface area (Å²) in [6.45, 7) is 8.41. The molecule has 0 unspecified atom stereocenters. The van der Waals surface area contributed by atoms with Gasteiger partial charge < -0.3 is 4.74 Å². The van der Waals surface area contributed by atoms with Crippen molar-refractivity contribution in [3.63, 3.8) is 0 Å². The number of hydrogen-bond donors (Lipinski definition) is 0. The molecule has 0 N–H and O–H groups in total. The van der Waals surface area contributed by atoms with Crippen LogP contribution in [0.1, 0.15) is 29.3 Å². The average molecular weight is 218 g/mol. The van der Waals surface area contributed by atoms with E-state index in [0.717, 1.165) is 23.1 Å². The molecule has 2 nitrogen and oxygen atoms in total. The zero-order chi connectivity index (χ0) is 12.0. The minimum atomic E-state index is 0.0328. The summed E-state index contributed by atoms with van der Waals surface area (Å²) in [5, 5.41) is 0. The molecule has 0 radical (unpaired) electrons. The van der Waals surface area contributed by atoms with Gasteiger partial charge in [0.15, 0.2) is 5.78 Å². The van der Waals surface area contributed by atoms with Gasteiger partial charge in [0.25, 0.3) is 0 Å². The first kappa shape index (κ1) is 12.7. The molecule has 0 aromatic heterocycles. The summed E-state index contributed by atoms with van der Waals surface area (Å²) in [7, 11) is 0. The lowest BCUT2D eigenvalue weighted by Crippen LogP contribution is -2.10.